The Kier molecular flexibility index (Phi) is 2.43. The summed E-state index contributed by atoms with van der Waals surface area (Å²) in [5.74, 6) is 0. The van der Waals surface area contributed by atoms with Crippen molar-refractivity contribution < 1.29 is 0 Å². The number of nitrogens with one attached hydrogen (secondary N) is 1. The van der Waals surface area contributed by atoms with Gasteiger partial charge < -0.3 is 0 Å². The fraction of sp³-hybridized carbons (Fsp3) is 0. The lowest BCUT2D eigenvalue weighted by Gasteiger charge is -2.06. The van der Waals surface area contributed by atoms with Crippen molar-refractivity contribution in [2.45, 2.75) is 0 Å². The minimum atomic E-state index is 0.974. The highest BCUT2D eigenvalue weighted by Gasteiger charge is 2.15. The molecule has 0 radical (unpaired) electrons. The summed E-state index contributed by atoms with van der Waals surface area (Å²) in [6.45, 7) is 0. The molecule has 19 heavy (non-hydrogen) atoms. The van der Waals surface area contributed by atoms with Crippen LogP contribution in [0.4, 0.5) is 0 Å². The maximum Gasteiger partial charge on any atom is 0.123 e. The fourth-order valence-corrected chi connectivity index (χ4v) is 3.36. The molecule has 0 saturated carbocycles. The first-order chi connectivity index (χ1) is 9.43. The van der Waals surface area contributed by atoms with Crippen molar-refractivity contribution in [3.63, 3.8) is 0 Å². The molecular formula is C13H8N4S2. The van der Waals surface area contributed by atoms with Crippen LogP contribution in [0.5, 0.6) is 0 Å². The first-order valence-electron chi connectivity index (χ1n) is 5.70. The summed E-state index contributed by atoms with van der Waals surface area (Å²) in [5.41, 5.74) is 4.20. The van der Waals surface area contributed by atoms with Crippen LogP contribution in [0.15, 0.2) is 41.4 Å². The summed E-state index contributed by atoms with van der Waals surface area (Å²) in [5, 5.41) is 13.2. The lowest BCUT2D eigenvalue weighted by atomic mass is 10.0. The molecule has 0 bridgehead atoms. The zero-order valence-electron chi connectivity index (χ0n) is 9.70. The molecule has 0 saturated heterocycles. The summed E-state index contributed by atoms with van der Waals surface area (Å²) in [4.78, 5) is 4.41. The van der Waals surface area contributed by atoms with Gasteiger partial charge in [0.15, 0.2) is 0 Å². The predicted octanol–water partition coefficient (Wildman–Crippen LogP) is 3.81. The summed E-state index contributed by atoms with van der Waals surface area (Å²) >= 11 is 3.09. The SMILES string of the molecule is c1csc(-c2ccc3[nH]ncc3c2-c2ccsn2)n1. The van der Waals surface area contributed by atoms with Crippen molar-refractivity contribution in [3.05, 3.63) is 41.4 Å². The van der Waals surface area contributed by atoms with E-state index in [9.17, 15) is 0 Å². The summed E-state index contributed by atoms with van der Waals surface area (Å²) in [7, 11) is 0. The molecule has 4 rings (SSSR count). The Hall–Kier alpha value is -2.05. The average molecular weight is 284 g/mol. The summed E-state index contributed by atoms with van der Waals surface area (Å²) in [6.07, 6.45) is 3.67. The second kappa shape index (κ2) is 4.25. The van der Waals surface area contributed by atoms with Crippen molar-refractivity contribution in [2.24, 2.45) is 0 Å². The number of hydrogen-bond donors (Lipinski definition) is 1. The molecule has 0 atom stereocenters. The molecule has 6 heteroatoms. The van der Waals surface area contributed by atoms with Crippen molar-refractivity contribution in [1.82, 2.24) is 19.6 Å². The number of aromatic amines is 1. The van der Waals surface area contributed by atoms with Crippen LogP contribution in [0.25, 0.3) is 32.7 Å². The fourth-order valence-electron chi connectivity index (χ4n) is 2.17. The molecule has 4 aromatic rings. The van der Waals surface area contributed by atoms with E-state index in [0.717, 1.165) is 32.7 Å². The van der Waals surface area contributed by atoms with Crippen LogP contribution in [0.2, 0.25) is 0 Å². The highest BCUT2D eigenvalue weighted by molar-refractivity contribution is 7.13. The lowest BCUT2D eigenvalue weighted by Crippen LogP contribution is -1.86. The number of hydrogen-bond acceptors (Lipinski definition) is 5. The Morgan fingerprint density at radius 3 is 2.89 bits per heavy atom. The van der Waals surface area contributed by atoms with Crippen LogP contribution in [0.1, 0.15) is 0 Å². The van der Waals surface area contributed by atoms with E-state index in [0.29, 0.717) is 0 Å². The van der Waals surface area contributed by atoms with Crippen molar-refractivity contribution >= 4 is 33.8 Å². The molecule has 3 heterocycles. The largest absolute Gasteiger partial charge is 0.278 e. The van der Waals surface area contributed by atoms with Gasteiger partial charge in [0.25, 0.3) is 0 Å². The number of benzene rings is 1. The van der Waals surface area contributed by atoms with E-state index in [4.69, 9.17) is 0 Å². The van der Waals surface area contributed by atoms with Crippen molar-refractivity contribution in [3.8, 4) is 21.8 Å². The number of H-pyrrole nitrogens is 1. The van der Waals surface area contributed by atoms with Gasteiger partial charge in [0.05, 0.1) is 17.4 Å². The summed E-state index contributed by atoms with van der Waals surface area (Å²) in [6, 6.07) is 6.15. The highest BCUT2D eigenvalue weighted by Crippen LogP contribution is 2.37. The van der Waals surface area contributed by atoms with Gasteiger partial charge in [0.2, 0.25) is 0 Å². The van der Waals surface area contributed by atoms with Crippen LogP contribution in [0.3, 0.4) is 0 Å². The third-order valence-corrected chi connectivity index (χ3v) is 4.35. The number of nitrogens with zero attached hydrogens (tertiary/aromatic N) is 3. The third kappa shape index (κ3) is 1.68. The Labute approximate surface area is 116 Å². The molecular weight excluding hydrogens is 276 g/mol. The third-order valence-electron chi connectivity index (χ3n) is 2.98. The minimum absolute atomic E-state index is 0.974. The molecule has 0 unspecified atom stereocenters. The summed E-state index contributed by atoms with van der Waals surface area (Å²) < 4.78 is 4.46. The average Bonchev–Trinajstić information content (AvgIpc) is 3.18. The van der Waals surface area contributed by atoms with Gasteiger partial charge >= 0.3 is 0 Å². The van der Waals surface area contributed by atoms with Crippen molar-refractivity contribution in [2.75, 3.05) is 0 Å². The number of fused-ring (bicyclic) bond motifs is 1. The Balaban J connectivity index is 2.11. The zero-order valence-corrected chi connectivity index (χ0v) is 11.3. The van der Waals surface area contributed by atoms with Gasteiger partial charge in [-0.2, -0.15) is 9.47 Å². The quantitative estimate of drug-likeness (QED) is 0.609. The molecule has 3 aromatic heterocycles. The molecule has 1 aromatic carbocycles. The first kappa shape index (κ1) is 10.8. The van der Waals surface area contributed by atoms with Gasteiger partial charge in [-0.1, -0.05) is 0 Å². The molecule has 0 aliphatic heterocycles. The molecule has 92 valence electrons. The van der Waals surface area contributed by atoms with Gasteiger partial charge in [-0.25, -0.2) is 4.98 Å². The molecule has 1 N–H and O–H groups in total. The zero-order chi connectivity index (χ0) is 12.7. The van der Waals surface area contributed by atoms with Crippen LogP contribution >= 0.6 is 22.9 Å². The number of rotatable bonds is 2. The van der Waals surface area contributed by atoms with Crippen LogP contribution in [-0.2, 0) is 0 Å². The van der Waals surface area contributed by atoms with Crippen LogP contribution < -0.4 is 0 Å². The Morgan fingerprint density at radius 2 is 2.11 bits per heavy atom. The Morgan fingerprint density at radius 1 is 1.11 bits per heavy atom. The minimum Gasteiger partial charge on any atom is -0.278 e. The van der Waals surface area contributed by atoms with Gasteiger partial charge in [0, 0.05) is 33.5 Å². The molecule has 0 fully saturated rings. The Bertz CT molecular complexity index is 816. The van der Waals surface area contributed by atoms with E-state index in [1.54, 1.807) is 11.3 Å². The molecule has 0 aliphatic carbocycles. The smallest absolute Gasteiger partial charge is 0.123 e. The molecule has 0 amide bonds. The van der Waals surface area contributed by atoms with Gasteiger partial charge in [-0.15, -0.1) is 11.3 Å². The maximum absolute atomic E-state index is 4.46. The van der Waals surface area contributed by atoms with E-state index in [1.807, 2.05) is 35.3 Å². The van der Waals surface area contributed by atoms with E-state index >= 15 is 0 Å². The first-order valence-corrected chi connectivity index (χ1v) is 7.42. The van der Waals surface area contributed by atoms with Gasteiger partial charge in [0.1, 0.15) is 5.01 Å². The second-order valence-electron chi connectivity index (χ2n) is 4.04. The van der Waals surface area contributed by atoms with Crippen LogP contribution in [0, 0.1) is 0 Å². The standard InChI is InChI=1S/C13H8N4S2/c1-2-10-9(7-15-16-10)12(11-3-5-19-17-11)8(1)13-14-4-6-18-13/h1-7H,(H,15,16). The van der Waals surface area contributed by atoms with Gasteiger partial charge in [-0.05, 0) is 29.7 Å². The van der Waals surface area contributed by atoms with Crippen molar-refractivity contribution in [1.29, 1.82) is 0 Å². The van der Waals surface area contributed by atoms with Crippen LogP contribution in [-0.4, -0.2) is 19.6 Å². The van der Waals surface area contributed by atoms with E-state index < -0.39 is 0 Å². The normalized spacial score (nSPS) is 11.2. The highest BCUT2D eigenvalue weighted by atomic mass is 32.1. The van der Waals surface area contributed by atoms with E-state index in [1.165, 1.54) is 11.5 Å². The number of aromatic nitrogens is 4. The monoisotopic (exact) mass is 284 g/mol. The van der Waals surface area contributed by atoms with E-state index in [2.05, 4.69) is 25.6 Å². The second-order valence-corrected chi connectivity index (χ2v) is 5.60. The topological polar surface area (TPSA) is 54.5 Å². The van der Waals surface area contributed by atoms with Gasteiger partial charge in [-0.3, -0.25) is 5.10 Å². The maximum atomic E-state index is 4.46. The predicted molar refractivity (Wildman–Crippen MR) is 78.3 cm³/mol. The molecule has 0 spiro atoms. The number of thiazole rings is 1. The lowest BCUT2D eigenvalue weighted by molar-refractivity contribution is 1.12. The molecule has 0 aliphatic rings. The van der Waals surface area contributed by atoms with E-state index in [-0.39, 0.29) is 0 Å². The molecule has 4 nitrogen and oxygen atoms in total.